The van der Waals surface area contributed by atoms with Crippen molar-refractivity contribution in [3.63, 3.8) is 0 Å². The number of methoxy groups -OCH3 is 2. The van der Waals surface area contributed by atoms with E-state index in [0.717, 1.165) is 12.1 Å². The number of benzene rings is 2. The summed E-state index contributed by atoms with van der Waals surface area (Å²) in [5, 5.41) is 0.296. The van der Waals surface area contributed by atoms with E-state index in [1.165, 1.54) is 20.3 Å². The predicted molar refractivity (Wildman–Crippen MR) is 76.9 cm³/mol. The normalized spacial score (nSPS) is 12.1. The van der Waals surface area contributed by atoms with Gasteiger partial charge in [0.1, 0.15) is 11.6 Å². The highest BCUT2D eigenvalue weighted by atomic mass is 35.5. The van der Waals surface area contributed by atoms with Gasteiger partial charge in [-0.05, 0) is 23.8 Å². The lowest BCUT2D eigenvalue weighted by Crippen LogP contribution is -2.14. The molecule has 1 atom stereocenters. The summed E-state index contributed by atoms with van der Waals surface area (Å²) in [6.07, 6.45) is 0. The van der Waals surface area contributed by atoms with E-state index in [0.29, 0.717) is 22.1 Å². The van der Waals surface area contributed by atoms with Crippen LogP contribution in [0.1, 0.15) is 17.2 Å². The summed E-state index contributed by atoms with van der Waals surface area (Å²) in [5.74, 6) is -0.616. The molecule has 21 heavy (non-hydrogen) atoms. The van der Waals surface area contributed by atoms with E-state index in [2.05, 4.69) is 0 Å². The Kier molecular flexibility index (Phi) is 4.65. The Morgan fingerprint density at radius 3 is 2.38 bits per heavy atom. The van der Waals surface area contributed by atoms with Gasteiger partial charge >= 0.3 is 0 Å². The van der Waals surface area contributed by atoms with Gasteiger partial charge in [0.15, 0.2) is 11.5 Å². The van der Waals surface area contributed by atoms with Gasteiger partial charge in [0.25, 0.3) is 0 Å². The number of hydrogen-bond donors (Lipinski definition) is 1. The van der Waals surface area contributed by atoms with Gasteiger partial charge in [0.2, 0.25) is 0 Å². The molecule has 0 amide bonds. The molecule has 6 heteroatoms. The van der Waals surface area contributed by atoms with Gasteiger partial charge in [-0.25, -0.2) is 8.78 Å². The third-order valence-electron chi connectivity index (χ3n) is 3.11. The van der Waals surface area contributed by atoms with Crippen molar-refractivity contribution in [2.24, 2.45) is 5.73 Å². The van der Waals surface area contributed by atoms with Crippen LogP contribution in [0, 0.1) is 11.6 Å². The summed E-state index contributed by atoms with van der Waals surface area (Å²) in [4.78, 5) is 0. The summed E-state index contributed by atoms with van der Waals surface area (Å²) in [6, 6.07) is 5.62. The topological polar surface area (TPSA) is 44.5 Å². The van der Waals surface area contributed by atoms with E-state index in [-0.39, 0.29) is 5.56 Å². The largest absolute Gasteiger partial charge is 0.493 e. The van der Waals surface area contributed by atoms with Gasteiger partial charge in [-0.15, -0.1) is 0 Å². The molecule has 2 N–H and O–H groups in total. The number of halogens is 3. The van der Waals surface area contributed by atoms with E-state index >= 15 is 0 Å². The lowest BCUT2D eigenvalue weighted by atomic mass is 9.98. The molecular weight excluding hydrogens is 300 g/mol. The molecule has 0 aliphatic heterocycles. The number of ether oxygens (including phenoxy) is 2. The van der Waals surface area contributed by atoms with E-state index < -0.39 is 17.7 Å². The van der Waals surface area contributed by atoms with Crippen LogP contribution in [-0.2, 0) is 0 Å². The Hall–Kier alpha value is -1.85. The molecule has 2 aromatic carbocycles. The third-order valence-corrected chi connectivity index (χ3v) is 3.39. The Labute approximate surface area is 126 Å². The van der Waals surface area contributed by atoms with Gasteiger partial charge in [-0.1, -0.05) is 17.7 Å². The van der Waals surface area contributed by atoms with Gasteiger partial charge in [0.05, 0.1) is 25.3 Å². The lowest BCUT2D eigenvalue weighted by molar-refractivity contribution is 0.354. The summed E-state index contributed by atoms with van der Waals surface area (Å²) in [5.41, 5.74) is 6.73. The van der Waals surface area contributed by atoms with E-state index in [1.54, 1.807) is 12.1 Å². The lowest BCUT2D eigenvalue weighted by Gasteiger charge is -2.17. The van der Waals surface area contributed by atoms with Crippen LogP contribution in [0.4, 0.5) is 8.78 Å². The first-order valence-corrected chi connectivity index (χ1v) is 6.47. The minimum absolute atomic E-state index is 0.166. The summed E-state index contributed by atoms with van der Waals surface area (Å²) in [7, 11) is 2.92. The van der Waals surface area contributed by atoms with Gasteiger partial charge in [-0.2, -0.15) is 0 Å². The van der Waals surface area contributed by atoms with Crippen molar-refractivity contribution in [3.05, 3.63) is 58.1 Å². The zero-order valence-corrected chi connectivity index (χ0v) is 12.2. The van der Waals surface area contributed by atoms with E-state index in [1.807, 2.05) is 0 Å². The number of nitrogens with two attached hydrogens (primary N) is 1. The van der Waals surface area contributed by atoms with Crippen LogP contribution in [-0.4, -0.2) is 14.2 Å². The molecule has 112 valence electrons. The van der Waals surface area contributed by atoms with Crippen LogP contribution in [0.25, 0.3) is 0 Å². The Morgan fingerprint density at radius 2 is 1.81 bits per heavy atom. The molecule has 0 radical (unpaired) electrons. The molecule has 0 aliphatic carbocycles. The monoisotopic (exact) mass is 313 g/mol. The third kappa shape index (κ3) is 3.09. The minimum atomic E-state index is -0.803. The van der Waals surface area contributed by atoms with Crippen LogP contribution >= 0.6 is 11.6 Å². The zero-order valence-electron chi connectivity index (χ0n) is 11.5. The SMILES string of the molecule is COc1cc(C(N)c2ccc(F)cc2F)cc(Cl)c1OC. The first-order chi connectivity index (χ1) is 9.97. The highest BCUT2D eigenvalue weighted by Crippen LogP contribution is 2.38. The molecule has 2 aromatic rings. The molecule has 0 aromatic heterocycles. The van der Waals surface area contributed by atoms with Crippen molar-refractivity contribution < 1.29 is 18.3 Å². The van der Waals surface area contributed by atoms with Crippen LogP contribution in [0.15, 0.2) is 30.3 Å². The maximum atomic E-state index is 13.8. The fourth-order valence-electron chi connectivity index (χ4n) is 2.05. The molecule has 3 nitrogen and oxygen atoms in total. The fraction of sp³-hybridized carbons (Fsp3) is 0.200. The smallest absolute Gasteiger partial charge is 0.179 e. The maximum absolute atomic E-state index is 13.8. The first-order valence-electron chi connectivity index (χ1n) is 6.10. The molecule has 0 saturated carbocycles. The average molecular weight is 314 g/mol. The van der Waals surface area contributed by atoms with Crippen LogP contribution in [0.2, 0.25) is 5.02 Å². The molecule has 0 aliphatic rings. The summed E-state index contributed by atoms with van der Waals surface area (Å²) in [6.45, 7) is 0. The van der Waals surface area contributed by atoms with Crippen molar-refractivity contribution in [1.82, 2.24) is 0 Å². The van der Waals surface area contributed by atoms with Crippen molar-refractivity contribution in [1.29, 1.82) is 0 Å². The highest BCUT2D eigenvalue weighted by molar-refractivity contribution is 6.32. The summed E-state index contributed by atoms with van der Waals surface area (Å²) < 4.78 is 37.1. The number of hydrogen-bond acceptors (Lipinski definition) is 3. The Bertz CT molecular complexity index is 664. The van der Waals surface area contributed by atoms with Crippen LogP contribution < -0.4 is 15.2 Å². The van der Waals surface area contributed by atoms with Crippen molar-refractivity contribution in [3.8, 4) is 11.5 Å². The average Bonchev–Trinajstić information content (AvgIpc) is 2.45. The minimum Gasteiger partial charge on any atom is -0.493 e. The Balaban J connectivity index is 2.48. The molecule has 0 heterocycles. The Morgan fingerprint density at radius 1 is 1.10 bits per heavy atom. The standard InChI is InChI=1S/C15H14ClF2NO2/c1-20-13-6-8(5-11(16)15(13)21-2)14(19)10-4-3-9(17)7-12(10)18/h3-7,14H,19H2,1-2H3. The van der Waals surface area contributed by atoms with E-state index in [4.69, 9.17) is 26.8 Å². The molecule has 0 spiro atoms. The molecule has 0 bridgehead atoms. The second kappa shape index (κ2) is 6.28. The molecule has 0 fully saturated rings. The van der Waals surface area contributed by atoms with Crippen molar-refractivity contribution >= 4 is 11.6 Å². The number of rotatable bonds is 4. The zero-order chi connectivity index (χ0) is 15.6. The van der Waals surface area contributed by atoms with Crippen molar-refractivity contribution in [2.75, 3.05) is 14.2 Å². The highest BCUT2D eigenvalue weighted by Gasteiger charge is 2.18. The van der Waals surface area contributed by atoms with E-state index in [9.17, 15) is 8.78 Å². The maximum Gasteiger partial charge on any atom is 0.179 e. The van der Waals surface area contributed by atoms with Crippen LogP contribution in [0.5, 0.6) is 11.5 Å². The summed E-state index contributed by atoms with van der Waals surface area (Å²) >= 11 is 6.10. The second-order valence-electron chi connectivity index (χ2n) is 4.38. The van der Waals surface area contributed by atoms with Gasteiger partial charge in [0, 0.05) is 11.6 Å². The second-order valence-corrected chi connectivity index (χ2v) is 4.79. The molecule has 2 rings (SSSR count). The molecule has 0 saturated heterocycles. The predicted octanol–water partition coefficient (Wildman–Crippen LogP) is 3.68. The van der Waals surface area contributed by atoms with Crippen LogP contribution in [0.3, 0.4) is 0 Å². The quantitative estimate of drug-likeness (QED) is 0.936. The van der Waals surface area contributed by atoms with Gasteiger partial charge < -0.3 is 15.2 Å². The molecule has 1 unspecified atom stereocenters. The van der Waals surface area contributed by atoms with Gasteiger partial charge in [-0.3, -0.25) is 0 Å². The molecular formula is C15H14ClF2NO2. The fourth-order valence-corrected chi connectivity index (χ4v) is 2.35. The first kappa shape index (κ1) is 15.5. The van der Waals surface area contributed by atoms with Crippen molar-refractivity contribution in [2.45, 2.75) is 6.04 Å².